The maximum absolute atomic E-state index is 12.8. The monoisotopic (exact) mass is 624 g/mol. The van der Waals surface area contributed by atoms with E-state index in [-0.39, 0.29) is 30.3 Å². The first-order valence-corrected chi connectivity index (χ1v) is 13.7. The first-order chi connectivity index (χ1) is 20.9. The van der Waals surface area contributed by atoms with E-state index in [0.29, 0.717) is 11.1 Å². The lowest BCUT2D eigenvalue weighted by Crippen LogP contribution is -2.65. The van der Waals surface area contributed by atoms with Gasteiger partial charge in [-0.25, -0.2) is 4.79 Å². The fourth-order valence-electron chi connectivity index (χ4n) is 4.76. The predicted molar refractivity (Wildman–Crippen MR) is 147 cm³/mol. The second-order valence-electron chi connectivity index (χ2n) is 10.4. The van der Waals surface area contributed by atoms with E-state index in [1.807, 2.05) is 0 Å². The number of hydrogen-bond donors (Lipinski definition) is 9. The second-order valence-corrected chi connectivity index (χ2v) is 10.4. The van der Waals surface area contributed by atoms with E-state index in [2.05, 4.69) is 0 Å². The highest BCUT2D eigenvalue weighted by Crippen LogP contribution is 2.32. The number of carbonyl (C=O) groups is 1. The number of phenolic OH excluding ortho intramolecular Hbond substituents is 4. The smallest absolute Gasteiger partial charge is 0.331 e. The van der Waals surface area contributed by atoms with E-state index >= 15 is 0 Å². The largest absolute Gasteiger partial charge is 0.504 e. The summed E-state index contributed by atoms with van der Waals surface area (Å²) in [6.45, 7) is 0.606. The molecule has 2 aliphatic heterocycles. The van der Waals surface area contributed by atoms with E-state index in [4.69, 9.17) is 23.7 Å². The van der Waals surface area contributed by atoms with Crippen LogP contribution in [0.25, 0.3) is 6.08 Å². The standard InChI is InChI=1S/C29H36O15/c1-13-22(36)23(37)24(38)29(41-13)44-27-25(39)28(40-9-8-15-3-6-17(32)19(34)11-15)42-20(12-30)26(27)43-21(35)7-4-14-2-5-16(31)18(33)10-14/h2-7,10-11,13,20,22-34,36-39H,8-9,12H2,1H3/b7-4+/t13-,20-,22-,23+,24+,25?,26?,27?,28?,29?/m0/s1. The molecule has 2 fully saturated rings. The molecular weight excluding hydrogens is 588 g/mol. The third-order valence-corrected chi connectivity index (χ3v) is 7.27. The molecule has 0 saturated carbocycles. The van der Waals surface area contributed by atoms with Crippen LogP contribution in [0.4, 0.5) is 0 Å². The number of phenols is 4. The van der Waals surface area contributed by atoms with Crippen molar-refractivity contribution in [3.63, 3.8) is 0 Å². The van der Waals surface area contributed by atoms with Crippen molar-refractivity contribution in [1.82, 2.24) is 0 Å². The summed E-state index contributed by atoms with van der Waals surface area (Å²) in [6, 6.07) is 7.98. The van der Waals surface area contributed by atoms with Crippen LogP contribution in [0.1, 0.15) is 18.1 Å². The maximum Gasteiger partial charge on any atom is 0.331 e. The van der Waals surface area contributed by atoms with Gasteiger partial charge in [-0.1, -0.05) is 12.1 Å². The number of benzene rings is 2. The molecule has 5 unspecified atom stereocenters. The SMILES string of the molecule is C[C@@H]1OC(OC2C(O)C(OCCc3ccc(O)c(O)c3)O[C@@H](CO)C2OC(=O)/C=C/c2ccc(O)c(O)c2)[C@H](O)[C@H](O)[C@H]1O. The summed E-state index contributed by atoms with van der Waals surface area (Å²) >= 11 is 0. The lowest BCUT2D eigenvalue weighted by molar-refractivity contribution is -0.357. The number of rotatable bonds is 10. The Balaban J connectivity index is 1.52. The number of aliphatic hydroxyl groups is 5. The number of hydrogen-bond acceptors (Lipinski definition) is 15. The van der Waals surface area contributed by atoms with Crippen LogP contribution in [0.5, 0.6) is 23.0 Å². The topological polar surface area (TPSA) is 245 Å². The molecule has 2 aromatic rings. The Morgan fingerprint density at radius 3 is 2.16 bits per heavy atom. The van der Waals surface area contributed by atoms with Crippen LogP contribution >= 0.6 is 0 Å². The molecule has 0 amide bonds. The van der Waals surface area contributed by atoms with Crippen molar-refractivity contribution in [3.05, 3.63) is 53.6 Å². The quantitative estimate of drug-likeness (QED) is 0.0873. The molecule has 0 bridgehead atoms. The zero-order chi connectivity index (χ0) is 32.1. The van der Waals surface area contributed by atoms with E-state index in [1.165, 1.54) is 43.3 Å². The zero-order valence-electron chi connectivity index (χ0n) is 23.5. The van der Waals surface area contributed by atoms with E-state index in [1.54, 1.807) is 6.07 Å². The minimum Gasteiger partial charge on any atom is -0.504 e. The lowest BCUT2D eigenvalue weighted by Gasteiger charge is -2.46. The average molecular weight is 625 g/mol. The molecule has 2 aromatic carbocycles. The van der Waals surface area contributed by atoms with Crippen molar-refractivity contribution in [2.75, 3.05) is 13.2 Å². The molecule has 44 heavy (non-hydrogen) atoms. The summed E-state index contributed by atoms with van der Waals surface area (Å²) in [4.78, 5) is 12.8. The number of carbonyl (C=O) groups excluding carboxylic acids is 1. The third kappa shape index (κ3) is 7.76. The number of aromatic hydroxyl groups is 4. The molecule has 0 spiro atoms. The summed E-state index contributed by atoms with van der Waals surface area (Å²) in [7, 11) is 0. The Bertz CT molecular complexity index is 1300. The lowest BCUT2D eigenvalue weighted by atomic mass is 9.97. The molecule has 0 aliphatic carbocycles. The molecule has 15 heteroatoms. The predicted octanol–water partition coefficient (Wildman–Crippen LogP) is -1.02. The summed E-state index contributed by atoms with van der Waals surface area (Å²) in [5.74, 6) is -2.40. The number of esters is 1. The highest BCUT2D eigenvalue weighted by molar-refractivity contribution is 5.87. The van der Waals surface area contributed by atoms with Gasteiger partial charge in [0.2, 0.25) is 0 Å². The number of aliphatic hydroxyl groups excluding tert-OH is 5. The van der Waals surface area contributed by atoms with Crippen molar-refractivity contribution in [1.29, 1.82) is 0 Å². The van der Waals surface area contributed by atoms with Crippen LogP contribution in [-0.4, -0.2) is 127 Å². The van der Waals surface area contributed by atoms with E-state index < -0.39 is 79.7 Å². The van der Waals surface area contributed by atoms with E-state index in [9.17, 15) is 50.8 Å². The highest BCUT2D eigenvalue weighted by atomic mass is 16.7. The molecule has 2 saturated heterocycles. The maximum atomic E-state index is 12.8. The van der Waals surface area contributed by atoms with Gasteiger partial charge in [0.1, 0.15) is 36.6 Å². The van der Waals surface area contributed by atoms with Gasteiger partial charge in [0.05, 0.1) is 19.3 Å². The van der Waals surface area contributed by atoms with Crippen LogP contribution in [0, 0.1) is 0 Å². The summed E-state index contributed by atoms with van der Waals surface area (Å²) < 4.78 is 28.2. The molecule has 10 atom stereocenters. The van der Waals surface area contributed by atoms with E-state index in [0.717, 1.165) is 6.08 Å². The molecule has 9 N–H and O–H groups in total. The first kappa shape index (κ1) is 33.4. The Morgan fingerprint density at radius 1 is 0.818 bits per heavy atom. The van der Waals surface area contributed by atoms with Crippen molar-refractivity contribution < 1.29 is 74.4 Å². The van der Waals surface area contributed by atoms with Gasteiger partial charge in [0, 0.05) is 6.08 Å². The van der Waals surface area contributed by atoms with Gasteiger partial charge in [0.25, 0.3) is 0 Å². The zero-order valence-corrected chi connectivity index (χ0v) is 23.5. The third-order valence-electron chi connectivity index (χ3n) is 7.27. The van der Waals surface area contributed by atoms with Crippen LogP contribution in [0.2, 0.25) is 0 Å². The highest BCUT2D eigenvalue weighted by Gasteiger charge is 2.52. The molecule has 2 heterocycles. The van der Waals surface area contributed by atoms with Crippen LogP contribution in [-0.2, 0) is 34.9 Å². The molecule has 0 aromatic heterocycles. The van der Waals surface area contributed by atoms with Gasteiger partial charge < -0.3 is 69.6 Å². The second kappa shape index (κ2) is 14.5. The molecule has 4 rings (SSSR count). The first-order valence-electron chi connectivity index (χ1n) is 13.7. The van der Waals surface area contributed by atoms with Gasteiger partial charge in [-0.15, -0.1) is 0 Å². The summed E-state index contributed by atoms with van der Waals surface area (Å²) in [5.41, 5.74) is 0.914. The summed E-state index contributed by atoms with van der Waals surface area (Å²) in [6.07, 6.45) is -12.6. The van der Waals surface area contributed by atoms with Gasteiger partial charge >= 0.3 is 5.97 Å². The van der Waals surface area contributed by atoms with Crippen molar-refractivity contribution in [3.8, 4) is 23.0 Å². The van der Waals surface area contributed by atoms with Crippen LogP contribution in [0.15, 0.2) is 42.5 Å². The molecular formula is C29H36O15. The fourth-order valence-corrected chi connectivity index (χ4v) is 4.76. The normalized spacial score (nSPS) is 32.5. The summed E-state index contributed by atoms with van der Waals surface area (Å²) in [5, 5.41) is 90.5. The Labute approximate surface area is 251 Å². The molecule has 15 nitrogen and oxygen atoms in total. The van der Waals surface area contributed by atoms with Gasteiger partial charge in [-0.05, 0) is 54.8 Å². The van der Waals surface area contributed by atoms with Crippen molar-refractivity contribution in [2.45, 2.75) is 74.8 Å². The molecule has 242 valence electrons. The minimum absolute atomic E-state index is 0.0754. The number of ether oxygens (including phenoxy) is 5. The molecule has 2 aliphatic rings. The molecule has 0 radical (unpaired) electrons. The Hall–Kier alpha value is -3.51. The minimum atomic E-state index is -1.77. The Morgan fingerprint density at radius 2 is 1.50 bits per heavy atom. The van der Waals surface area contributed by atoms with Crippen LogP contribution in [0.3, 0.4) is 0 Å². The van der Waals surface area contributed by atoms with Crippen molar-refractivity contribution >= 4 is 12.0 Å². The van der Waals surface area contributed by atoms with Crippen molar-refractivity contribution in [2.24, 2.45) is 0 Å². The van der Waals surface area contributed by atoms with Gasteiger partial charge in [-0.2, -0.15) is 0 Å². The fraction of sp³-hybridized carbons (Fsp3) is 0.483. The average Bonchev–Trinajstić information content (AvgIpc) is 2.99. The Kier molecular flexibility index (Phi) is 11.0. The van der Waals surface area contributed by atoms with Gasteiger partial charge in [0.15, 0.2) is 41.7 Å². The van der Waals surface area contributed by atoms with Gasteiger partial charge in [-0.3, -0.25) is 0 Å². The van der Waals surface area contributed by atoms with Crippen LogP contribution < -0.4 is 0 Å².